The molecule has 0 atom stereocenters. The van der Waals surface area contributed by atoms with Crippen LogP contribution < -0.4 is 15.6 Å². The van der Waals surface area contributed by atoms with Gasteiger partial charge in [0.25, 0.3) is 5.56 Å². The number of nitrogens with one attached hydrogen (secondary N) is 2. The van der Waals surface area contributed by atoms with E-state index < -0.39 is 0 Å². The van der Waals surface area contributed by atoms with Crippen LogP contribution in [0.2, 0.25) is 0 Å². The summed E-state index contributed by atoms with van der Waals surface area (Å²) in [5, 5.41) is 3.65. The van der Waals surface area contributed by atoms with E-state index in [9.17, 15) is 14.4 Å². The fraction of sp³-hybridized carbons (Fsp3) is 0.261. The van der Waals surface area contributed by atoms with Gasteiger partial charge in [-0.2, -0.15) is 0 Å². The number of benzene rings is 2. The Morgan fingerprint density at radius 3 is 2.55 bits per heavy atom. The van der Waals surface area contributed by atoms with E-state index in [2.05, 4.69) is 10.3 Å². The summed E-state index contributed by atoms with van der Waals surface area (Å²) in [6.45, 7) is 4.12. The summed E-state index contributed by atoms with van der Waals surface area (Å²) in [7, 11) is 1.54. The lowest BCUT2D eigenvalue weighted by Crippen LogP contribution is -2.27. The predicted molar refractivity (Wildman–Crippen MR) is 112 cm³/mol. The Labute approximate surface area is 168 Å². The largest absolute Gasteiger partial charge is 0.497 e. The number of hydrogen-bond donors (Lipinski definition) is 2. The van der Waals surface area contributed by atoms with Crippen LogP contribution in [0.5, 0.6) is 5.75 Å². The highest BCUT2D eigenvalue weighted by molar-refractivity contribution is 5.98. The normalized spacial score (nSPS) is 10.7. The van der Waals surface area contributed by atoms with Crippen molar-refractivity contribution in [3.8, 4) is 5.75 Å². The summed E-state index contributed by atoms with van der Waals surface area (Å²) < 4.78 is 5.11. The summed E-state index contributed by atoms with van der Waals surface area (Å²) in [5.41, 5.74) is 3.78. The monoisotopic (exact) mass is 392 g/mol. The molecular weight excluding hydrogens is 368 g/mol. The van der Waals surface area contributed by atoms with Crippen molar-refractivity contribution in [2.45, 2.75) is 33.2 Å². The number of aromatic amines is 1. The number of methoxy groups -OCH3 is 1. The van der Waals surface area contributed by atoms with Gasteiger partial charge in [0.1, 0.15) is 5.75 Å². The van der Waals surface area contributed by atoms with Gasteiger partial charge in [-0.3, -0.25) is 14.4 Å². The third kappa shape index (κ3) is 4.90. The minimum atomic E-state index is -0.277. The maximum Gasteiger partial charge on any atom is 0.253 e. The standard InChI is InChI=1S/C23H24N2O4/c1-14-9-17-11-18(23(28)25-20(17)10-15(14)2)13-24-22(27)8-7-21(26)16-5-4-6-19(12-16)29-3/h4-6,9-12H,7-8,13H2,1-3H3,(H,24,27)(H,25,28). The van der Waals surface area contributed by atoms with Crippen molar-refractivity contribution in [3.05, 3.63) is 75.1 Å². The van der Waals surface area contributed by atoms with Crippen LogP contribution in [-0.2, 0) is 11.3 Å². The molecule has 3 rings (SSSR count). The second-order valence-corrected chi connectivity index (χ2v) is 7.08. The van der Waals surface area contributed by atoms with E-state index in [1.54, 1.807) is 30.3 Å². The van der Waals surface area contributed by atoms with E-state index in [0.29, 0.717) is 16.9 Å². The van der Waals surface area contributed by atoms with Gasteiger partial charge >= 0.3 is 0 Å². The van der Waals surface area contributed by atoms with Crippen molar-refractivity contribution in [2.75, 3.05) is 7.11 Å². The molecule has 1 heterocycles. The minimum absolute atomic E-state index is 0.0554. The zero-order valence-corrected chi connectivity index (χ0v) is 16.8. The van der Waals surface area contributed by atoms with Gasteiger partial charge in [0.15, 0.2) is 5.78 Å². The molecule has 1 aromatic heterocycles. The third-order valence-corrected chi connectivity index (χ3v) is 4.98. The summed E-state index contributed by atoms with van der Waals surface area (Å²) in [4.78, 5) is 39.5. The number of carbonyl (C=O) groups excluding carboxylic acids is 2. The van der Waals surface area contributed by atoms with Crippen molar-refractivity contribution in [2.24, 2.45) is 0 Å². The second-order valence-electron chi connectivity index (χ2n) is 7.08. The van der Waals surface area contributed by atoms with Crippen molar-refractivity contribution < 1.29 is 14.3 Å². The highest BCUT2D eigenvalue weighted by Crippen LogP contribution is 2.17. The van der Waals surface area contributed by atoms with Crippen LogP contribution in [0.4, 0.5) is 0 Å². The lowest BCUT2D eigenvalue weighted by molar-refractivity contribution is -0.121. The quantitative estimate of drug-likeness (QED) is 0.603. The molecule has 0 bridgehead atoms. The summed E-state index contributed by atoms with van der Waals surface area (Å²) in [6, 6.07) is 12.6. The van der Waals surface area contributed by atoms with Crippen molar-refractivity contribution in [1.82, 2.24) is 10.3 Å². The molecule has 2 aromatic carbocycles. The average molecular weight is 392 g/mol. The van der Waals surface area contributed by atoms with Gasteiger partial charge in [0.2, 0.25) is 5.91 Å². The first-order valence-electron chi connectivity index (χ1n) is 9.44. The molecule has 0 aliphatic heterocycles. The molecule has 0 fully saturated rings. The van der Waals surface area contributed by atoms with Crippen LogP contribution in [0.1, 0.15) is 39.9 Å². The molecule has 29 heavy (non-hydrogen) atoms. The molecular formula is C23H24N2O4. The van der Waals surface area contributed by atoms with E-state index in [0.717, 1.165) is 22.0 Å². The molecule has 0 aliphatic rings. The number of rotatable bonds is 7. The number of carbonyl (C=O) groups is 2. The fourth-order valence-electron chi connectivity index (χ4n) is 3.10. The Kier molecular flexibility index (Phi) is 6.12. The zero-order valence-electron chi connectivity index (χ0n) is 16.8. The van der Waals surface area contributed by atoms with Crippen molar-refractivity contribution >= 4 is 22.6 Å². The predicted octanol–water partition coefficient (Wildman–Crippen LogP) is 3.43. The van der Waals surface area contributed by atoms with Crippen molar-refractivity contribution in [3.63, 3.8) is 0 Å². The molecule has 0 unspecified atom stereocenters. The minimum Gasteiger partial charge on any atom is -0.497 e. The van der Waals surface area contributed by atoms with E-state index >= 15 is 0 Å². The van der Waals surface area contributed by atoms with E-state index in [4.69, 9.17) is 4.74 Å². The number of ketones is 1. The van der Waals surface area contributed by atoms with Crippen LogP contribution in [-0.4, -0.2) is 23.8 Å². The Morgan fingerprint density at radius 2 is 1.79 bits per heavy atom. The van der Waals surface area contributed by atoms with Gasteiger partial charge in [0, 0.05) is 36.0 Å². The Morgan fingerprint density at radius 1 is 1.03 bits per heavy atom. The summed E-state index contributed by atoms with van der Waals surface area (Å²) >= 11 is 0. The topological polar surface area (TPSA) is 88.3 Å². The molecule has 1 amide bonds. The summed E-state index contributed by atoms with van der Waals surface area (Å²) in [6.07, 6.45) is 0.144. The van der Waals surface area contributed by atoms with E-state index in [1.807, 2.05) is 26.0 Å². The Hall–Kier alpha value is -3.41. The van der Waals surface area contributed by atoms with E-state index in [1.165, 1.54) is 7.11 Å². The molecule has 0 spiro atoms. The fourth-order valence-corrected chi connectivity index (χ4v) is 3.10. The third-order valence-electron chi connectivity index (χ3n) is 4.98. The van der Waals surface area contributed by atoms with Gasteiger partial charge in [-0.15, -0.1) is 0 Å². The molecule has 0 radical (unpaired) electrons. The summed E-state index contributed by atoms with van der Waals surface area (Å²) in [5.74, 6) is 0.190. The number of ether oxygens (including phenoxy) is 1. The highest BCUT2D eigenvalue weighted by atomic mass is 16.5. The smallest absolute Gasteiger partial charge is 0.253 e. The molecule has 0 aliphatic carbocycles. The van der Waals surface area contributed by atoms with Crippen LogP contribution in [0.15, 0.2) is 47.3 Å². The van der Waals surface area contributed by atoms with Crippen LogP contribution in [0.3, 0.4) is 0 Å². The maximum atomic E-state index is 12.3. The number of amides is 1. The van der Waals surface area contributed by atoms with Gasteiger partial charge < -0.3 is 15.0 Å². The highest BCUT2D eigenvalue weighted by Gasteiger charge is 2.11. The average Bonchev–Trinajstić information content (AvgIpc) is 2.72. The van der Waals surface area contributed by atoms with Crippen LogP contribution in [0.25, 0.3) is 10.9 Å². The van der Waals surface area contributed by atoms with Gasteiger partial charge in [-0.05, 0) is 60.7 Å². The first-order chi connectivity index (χ1) is 13.9. The first kappa shape index (κ1) is 20.3. The molecule has 0 saturated carbocycles. The van der Waals surface area contributed by atoms with Crippen LogP contribution >= 0.6 is 0 Å². The number of aryl methyl sites for hydroxylation is 2. The van der Waals surface area contributed by atoms with Gasteiger partial charge in [-0.25, -0.2) is 0 Å². The number of pyridine rings is 1. The molecule has 2 N–H and O–H groups in total. The number of Topliss-reactive ketones (excluding diaryl/α,β-unsaturated/α-hetero) is 1. The lowest BCUT2D eigenvalue weighted by atomic mass is 10.0. The van der Waals surface area contributed by atoms with Gasteiger partial charge in [0.05, 0.1) is 7.11 Å². The lowest BCUT2D eigenvalue weighted by Gasteiger charge is -2.08. The van der Waals surface area contributed by atoms with E-state index in [-0.39, 0.29) is 36.6 Å². The Balaban J connectivity index is 1.60. The van der Waals surface area contributed by atoms with Crippen molar-refractivity contribution in [1.29, 1.82) is 0 Å². The molecule has 6 heteroatoms. The first-order valence-corrected chi connectivity index (χ1v) is 9.44. The second kappa shape index (κ2) is 8.73. The number of aromatic nitrogens is 1. The van der Waals surface area contributed by atoms with Crippen LogP contribution in [0, 0.1) is 13.8 Å². The maximum absolute atomic E-state index is 12.3. The number of fused-ring (bicyclic) bond motifs is 1. The SMILES string of the molecule is COc1cccc(C(=O)CCC(=O)NCc2cc3cc(C)c(C)cc3[nH]c2=O)c1. The molecule has 150 valence electrons. The number of H-pyrrole nitrogens is 1. The Bertz CT molecular complexity index is 1130. The molecule has 6 nitrogen and oxygen atoms in total. The molecule has 3 aromatic rings. The zero-order chi connectivity index (χ0) is 21.0. The number of hydrogen-bond acceptors (Lipinski definition) is 4. The van der Waals surface area contributed by atoms with Gasteiger partial charge in [-0.1, -0.05) is 12.1 Å². The molecule has 0 saturated heterocycles.